The van der Waals surface area contributed by atoms with Gasteiger partial charge >= 0.3 is 0 Å². The fraction of sp³-hybridized carbons (Fsp3) is 0.278. The zero-order chi connectivity index (χ0) is 14.7. The van der Waals surface area contributed by atoms with Crippen molar-refractivity contribution in [1.82, 2.24) is 5.32 Å². The molecular weight excluding hydrogens is 262 g/mol. The maximum atomic E-state index is 12.1. The molecule has 1 unspecified atom stereocenters. The highest BCUT2D eigenvalue weighted by Gasteiger charge is 2.23. The van der Waals surface area contributed by atoms with Crippen molar-refractivity contribution in [2.24, 2.45) is 0 Å². The first kappa shape index (κ1) is 13.7. The number of benzene rings is 2. The van der Waals surface area contributed by atoms with Crippen molar-refractivity contribution in [2.75, 3.05) is 0 Å². The Bertz CT molecular complexity index is 637. The van der Waals surface area contributed by atoms with E-state index < -0.39 is 0 Å². The summed E-state index contributed by atoms with van der Waals surface area (Å²) < 4.78 is 5.78. The van der Waals surface area contributed by atoms with Gasteiger partial charge in [-0.3, -0.25) is 4.79 Å². The topological polar surface area (TPSA) is 38.3 Å². The van der Waals surface area contributed by atoms with E-state index in [0.29, 0.717) is 6.61 Å². The molecule has 0 fully saturated rings. The van der Waals surface area contributed by atoms with Crippen LogP contribution in [-0.4, -0.2) is 11.9 Å². The van der Waals surface area contributed by atoms with Gasteiger partial charge in [-0.05, 0) is 36.1 Å². The molecule has 0 aliphatic carbocycles. The minimum absolute atomic E-state index is 0.00765. The van der Waals surface area contributed by atoms with E-state index in [1.807, 2.05) is 48.5 Å². The molecule has 2 aromatic carbocycles. The molecule has 1 N–H and O–H groups in total. The van der Waals surface area contributed by atoms with Crippen LogP contribution in [0.4, 0.5) is 0 Å². The number of carbonyl (C=O) groups excluding carboxylic acids is 1. The van der Waals surface area contributed by atoms with E-state index in [0.717, 1.165) is 35.3 Å². The van der Waals surface area contributed by atoms with Crippen LogP contribution in [0.2, 0.25) is 0 Å². The van der Waals surface area contributed by atoms with Crippen LogP contribution in [0, 0.1) is 0 Å². The first-order chi connectivity index (χ1) is 10.3. The highest BCUT2D eigenvalue weighted by Crippen LogP contribution is 2.24. The Kier molecular flexibility index (Phi) is 3.91. The summed E-state index contributed by atoms with van der Waals surface area (Å²) in [5.74, 6) is 0.746. The Balaban J connectivity index is 1.74. The fourth-order valence-electron chi connectivity index (χ4n) is 2.60. The van der Waals surface area contributed by atoms with Gasteiger partial charge in [-0.15, -0.1) is 0 Å². The summed E-state index contributed by atoms with van der Waals surface area (Å²) in [6.07, 6.45) is 1.86. The predicted molar refractivity (Wildman–Crippen MR) is 82.5 cm³/mol. The first-order valence-corrected chi connectivity index (χ1v) is 7.37. The summed E-state index contributed by atoms with van der Waals surface area (Å²) in [7, 11) is 0. The molecule has 3 nitrogen and oxygen atoms in total. The molecule has 1 aliphatic rings. The van der Waals surface area contributed by atoms with Gasteiger partial charge in [-0.1, -0.05) is 43.3 Å². The number of hydrogen-bond acceptors (Lipinski definition) is 2. The monoisotopic (exact) mass is 281 g/mol. The van der Waals surface area contributed by atoms with E-state index in [2.05, 4.69) is 12.2 Å². The average molecular weight is 281 g/mol. The molecule has 21 heavy (non-hydrogen) atoms. The number of amides is 1. The third kappa shape index (κ3) is 3.07. The summed E-state index contributed by atoms with van der Waals surface area (Å²) in [5, 5.41) is 3.03. The zero-order valence-electron chi connectivity index (χ0n) is 12.1. The minimum atomic E-state index is 0.00765. The number of carbonyl (C=O) groups is 1. The van der Waals surface area contributed by atoms with Crippen LogP contribution in [0.3, 0.4) is 0 Å². The SMILES string of the molecule is CCC1Cc2ccc(OCc3ccccc3)cc2C(=O)N1. The van der Waals surface area contributed by atoms with Crippen LogP contribution in [0.15, 0.2) is 48.5 Å². The van der Waals surface area contributed by atoms with Crippen molar-refractivity contribution in [3.8, 4) is 5.75 Å². The van der Waals surface area contributed by atoms with Crippen LogP contribution in [-0.2, 0) is 13.0 Å². The first-order valence-electron chi connectivity index (χ1n) is 7.37. The van der Waals surface area contributed by atoms with Gasteiger partial charge < -0.3 is 10.1 Å². The van der Waals surface area contributed by atoms with Crippen molar-refractivity contribution in [1.29, 1.82) is 0 Å². The third-order valence-corrected chi connectivity index (χ3v) is 3.87. The van der Waals surface area contributed by atoms with Crippen LogP contribution in [0.1, 0.15) is 34.8 Å². The van der Waals surface area contributed by atoms with Gasteiger partial charge in [0, 0.05) is 11.6 Å². The van der Waals surface area contributed by atoms with Crippen molar-refractivity contribution >= 4 is 5.91 Å². The number of hydrogen-bond donors (Lipinski definition) is 1. The van der Waals surface area contributed by atoms with Crippen LogP contribution in [0.5, 0.6) is 5.75 Å². The average Bonchev–Trinajstić information content (AvgIpc) is 2.54. The van der Waals surface area contributed by atoms with Crippen molar-refractivity contribution in [2.45, 2.75) is 32.4 Å². The minimum Gasteiger partial charge on any atom is -0.489 e. The van der Waals surface area contributed by atoms with Gasteiger partial charge in [0.05, 0.1) is 0 Å². The summed E-state index contributed by atoms with van der Waals surface area (Å²) in [4.78, 5) is 12.1. The van der Waals surface area contributed by atoms with Crippen molar-refractivity contribution < 1.29 is 9.53 Å². The number of fused-ring (bicyclic) bond motifs is 1. The lowest BCUT2D eigenvalue weighted by molar-refractivity contribution is 0.0923. The quantitative estimate of drug-likeness (QED) is 0.933. The van der Waals surface area contributed by atoms with Crippen LogP contribution in [0.25, 0.3) is 0 Å². The lowest BCUT2D eigenvalue weighted by Crippen LogP contribution is -2.40. The molecular formula is C18H19NO2. The molecule has 0 bridgehead atoms. The number of ether oxygens (including phenoxy) is 1. The normalized spacial score (nSPS) is 17.0. The van der Waals surface area contributed by atoms with Gasteiger partial charge in [-0.2, -0.15) is 0 Å². The molecule has 0 saturated carbocycles. The molecule has 1 atom stereocenters. The maximum absolute atomic E-state index is 12.1. The van der Waals surface area contributed by atoms with Gasteiger partial charge in [0.15, 0.2) is 0 Å². The summed E-state index contributed by atoms with van der Waals surface area (Å²) >= 11 is 0. The highest BCUT2D eigenvalue weighted by molar-refractivity contribution is 5.97. The van der Waals surface area contributed by atoms with Crippen LogP contribution >= 0.6 is 0 Å². The molecule has 0 aromatic heterocycles. The number of rotatable bonds is 4. The van der Waals surface area contributed by atoms with Gasteiger partial charge in [0.1, 0.15) is 12.4 Å². The lowest BCUT2D eigenvalue weighted by Gasteiger charge is -2.25. The molecule has 0 radical (unpaired) electrons. The molecule has 2 aromatic rings. The van der Waals surface area contributed by atoms with Gasteiger partial charge in [0.25, 0.3) is 5.91 Å². The second-order valence-electron chi connectivity index (χ2n) is 5.38. The Morgan fingerprint density at radius 3 is 2.76 bits per heavy atom. The lowest BCUT2D eigenvalue weighted by atomic mass is 9.94. The maximum Gasteiger partial charge on any atom is 0.251 e. The van der Waals surface area contributed by atoms with E-state index in [9.17, 15) is 4.79 Å². The largest absolute Gasteiger partial charge is 0.489 e. The van der Waals surface area contributed by atoms with Gasteiger partial charge in [-0.25, -0.2) is 0 Å². The second-order valence-corrected chi connectivity index (χ2v) is 5.38. The molecule has 1 aliphatic heterocycles. The Morgan fingerprint density at radius 2 is 2.00 bits per heavy atom. The summed E-state index contributed by atoms with van der Waals surface area (Å²) in [6, 6.07) is 16.1. The molecule has 1 heterocycles. The fourth-order valence-corrected chi connectivity index (χ4v) is 2.60. The van der Waals surface area contributed by atoms with Crippen molar-refractivity contribution in [3.05, 3.63) is 65.2 Å². The summed E-state index contributed by atoms with van der Waals surface area (Å²) in [6.45, 7) is 2.60. The predicted octanol–water partition coefficient (Wildman–Crippen LogP) is 3.33. The molecule has 0 spiro atoms. The molecule has 3 heteroatoms. The third-order valence-electron chi connectivity index (χ3n) is 3.87. The standard InChI is InChI=1S/C18H19NO2/c1-2-15-10-14-8-9-16(11-17(14)18(20)19-15)21-12-13-6-4-3-5-7-13/h3-9,11,15H,2,10,12H2,1H3,(H,19,20). The molecule has 1 amide bonds. The van der Waals surface area contributed by atoms with Crippen LogP contribution < -0.4 is 10.1 Å². The van der Waals surface area contributed by atoms with E-state index >= 15 is 0 Å². The Hall–Kier alpha value is -2.29. The Morgan fingerprint density at radius 1 is 1.19 bits per heavy atom. The highest BCUT2D eigenvalue weighted by atomic mass is 16.5. The molecule has 108 valence electrons. The van der Waals surface area contributed by atoms with E-state index in [-0.39, 0.29) is 11.9 Å². The van der Waals surface area contributed by atoms with E-state index in [4.69, 9.17) is 4.74 Å². The van der Waals surface area contributed by atoms with E-state index in [1.54, 1.807) is 0 Å². The Labute approximate surface area is 124 Å². The number of nitrogens with one attached hydrogen (secondary N) is 1. The molecule has 3 rings (SSSR count). The summed E-state index contributed by atoms with van der Waals surface area (Å²) in [5.41, 5.74) is 2.97. The smallest absolute Gasteiger partial charge is 0.251 e. The zero-order valence-corrected chi connectivity index (χ0v) is 12.1. The van der Waals surface area contributed by atoms with E-state index in [1.165, 1.54) is 0 Å². The van der Waals surface area contributed by atoms with Crippen molar-refractivity contribution in [3.63, 3.8) is 0 Å². The second kappa shape index (κ2) is 6.00. The molecule has 0 saturated heterocycles. The van der Waals surface area contributed by atoms with Gasteiger partial charge in [0.2, 0.25) is 0 Å².